The van der Waals surface area contributed by atoms with Crippen LogP contribution < -0.4 is 0 Å². The highest BCUT2D eigenvalue weighted by Crippen LogP contribution is 2.15. The van der Waals surface area contributed by atoms with Gasteiger partial charge in [0.15, 0.2) is 0 Å². The highest BCUT2D eigenvalue weighted by atomic mass is 15.1. The maximum Gasteiger partial charge on any atom is 0.00982 e. The van der Waals surface area contributed by atoms with E-state index in [4.69, 9.17) is 6.42 Å². The second-order valence-electron chi connectivity index (χ2n) is 3.86. The minimum Gasteiger partial charge on any atom is -0.303 e. The molecule has 1 heterocycles. The van der Waals surface area contributed by atoms with Gasteiger partial charge in [0.25, 0.3) is 0 Å². The molecule has 1 aliphatic rings. The maximum absolute atomic E-state index is 5.20. The second kappa shape index (κ2) is 5.22. The van der Waals surface area contributed by atoms with E-state index < -0.39 is 0 Å². The fraction of sp³-hybridized carbons (Fsp3) is 0.818. The number of likely N-dealkylation sites (tertiary alicyclic amines) is 1. The second-order valence-corrected chi connectivity index (χ2v) is 3.86. The summed E-state index contributed by atoms with van der Waals surface area (Å²) in [5.41, 5.74) is 0. The van der Waals surface area contributed by atoms with Gasteiger partial charge in [0.05, 0.1) is 0 Å². The first-order valence-corrected chi connectivity index (χ1v) is 4.98. The fourth-order valence-electron chi connectivity index (χ4n) is 1.89. The van der Waals surface area contributed by atoms with E-state index in [9.17, 15) is 0 Å². The van der Waals surface area contributed by atoms with Gasteiger partial charge in [-0.25, -0.2) is 0 Å². The molecule has 1 heteroatoms. The smallest absolute Gasteiger partial charge is 0.00982 e. The van der Waals surface area contributed by atoms with Crippen LogP contribution in [0.1, 0.15) is 32.6 Å². The molecule has 0 aromatic rings. The Morgan fingerprint density at radius 2 is 2.42 bits per heavy atom. The van der Waals surface area contributed by atoms with Gasteiger partial charge in [-0.1, -0.05) is 6.92 Å². The summed E-state index contributed by atoms with van der Waals surface area (Å²) in [4.78, 5) is 2.55. The third kappa shape index (κ3) is 3.28. The number of rotatable bonds is 3. The lowest BCUT2D eigenvalue weighted by Crippen LogP contribution is -2.34. The highest BCUT2D eigenvalue weighted by molar-refractivity contribution is 4.83. The minimum atomic E-state index is 0.893. The Morgan fingerprint density at radius 1 is 1.58 bits per heavy atom. The van der Waals surface area contributed by atoms with Crippen molar-refractivity contribution in [1.29, 1.82) is 0 Å². The maximum atomic E-state index is 5.20. The molecule has 0 bridgehead atoms. The topological polar surface area (TPSA) is 3.24 Å². The number of piperidine rings is 1. The monoisotopic (exact) mass is 165 g/mol. The molecule has 1 atom stereocenters. The Balaban J connectivity index is 2.11. The number of unbranched alkanes of at least 4 members (excludes halogenated alkanes) is 1. The Bertz CT molecular complexity index is 157. The zero-order valence-electron chi connectivity index (χ0n) is 8.05. The first-order valence-electron chi connectivity index (χ1n) is 4.98. The van der Waals surface area contributed by atoms with Crippen molar-refractivity contribution >= 4 is 0 Å². The summed E-state index contributed by atoms with van der Waals surface area (Å²) in [5.74, 6) is 3.58. The number of nitrogens with zero attached hydrogens (tertiary/aromatic N) is 1. The van der Waals surface area contributed by atoms with Gasteiger partial charge in [-0.2, -0.15) is 0 Å². The van der Waals surface area contributed by atoms with E-state index in [0.717, 1.165) is 12.3 Å². The van der Waals surface area contributed by atoms with Gasteiger partial charge < -0.3 is 4.90 Å². The van der Waals surface area contributed by atoms with Gasteiger partial charge >= 0.3 is 0 Å². The third-order valence-electron chi connectivity index (χ3n) is 2.54. The van der Waals surface area contributed by atoms with Crippen LogP contribution in [0.4, 0.5) is 0 Å². The summed E-state index contributed by atoms with van der Waals surface area (Å²) >= 11 is 0. The zero-order valence-corrected chi connectivity index (χ0v) is 8.05. The summed E-state index contributed by atoms with van der Waals surface area (Å²) in [5, 5.41) is 0. The predicted octanol–water partition coefficient (Wildman–Crippen LogP) is 2.13. The normalized spacial score (nSPS) is 25.2. The van der Waals surface area contributed by atoms with Gasteiger partial charge in [0.1, 0.15) is 0 Å². The van der Waals surface area contributed by atoms with Crippen LogP contribution >= 0.6 is 0 Å². The number of hydrogen-bond acceptors (Lipinski definition) is 1. The van der Waals surface area contributed by atoms with E-state index in [1.54, 1.807) is 0 Å². The van der Waals surface area contributed by atoms with Crippen LogP contribution in [0.3, 0.4) is 0 Å². The van der Waals surface area contributed by atoms with Gasteiger partial charge in [-0.3, -0.25) is 0 Å². The standard InChI is InChI=1S/C11H19N/c1-3-4-5-8-12-9-6-7-11(2)10-12/h1,11H,4-10H2,2H3. The van der Waals surface area contributed by atoms with Crippen molar-refractivity contribution in [2.45, 2.75) is 32.6 Å². The molecule has 0 aliphatic carbocycles. The van der Waals surface area contributed by atoms with Gasteiger partial charge in [0.2, 0.25) is 0 Å². The lowest BCUT2D eigenvalue weighted by Gasteiger charge is -2.30. The predicted molar refractivity (Wildman–Crippen MR) is 52.9 cm³/mol. The molecule has 68 valence electrons. The van der Waals surface area contributed by atoms with Crippen LogP contribution in [-0.2, 0) is 0 Å². The fourth-order valence-corrected chi connectivity index (χ4v) is 1.89. The molecule has 12 heavy (non-hydrogen) atoms. The van der Waals surface area contributed by atoms with Gasteiger partial charge in [-0.05, 0) is 38.3 Å². The van der Waals surface area contributed by atoms with Crippen molar-refractivity contribution in [2.24, 2.45) is 5.92 Å². The van der Waals surface area contributed by atoms with Crippen LogP contribution in [0, 0.1) is 18.3 Å². The molecule has 1 saturated heterocycles. The van der Waals surface area contributed by atoms with Crippen molar-refractivity contribution < 1.29 is 0 Å². The molecule has 1 fully saturated rings. The average Bonchev–Trinajstić information content (AvgIpc) is 2.05. The van der Waals surface area contributed by atoms with E-state index in [0.29, 0.717) is 0 Å². The van der Waals surface area contributed by atoms with Crippen LogP contribution in [0.15, 0.2) is 0 Å². The quantitative estimate of drug-likeness (QED) is 0.457. The molecule has 1 rings (SSSR count). The lowest BCUT2D eigenvalue weighted by atomic mass is 10.0. The molecule has 0 spiro atoms. The Kier molecular flexibility index (Phi) is 4.18. The summed E-state index contributed by atoms with van der Waals surface area (Å²) in [7, 11) is 0. The van der Waals surface area contributed by atoms with Crippen LogP contribution in [0.25, 0.3) is 0 Å². The average molecular weight is 165 g/mol. The van der Waals surface area contributed by atoms with E-state index >= 15 is 0 Å². The lowest BCUT2D eigenvalue weighted by molar-refractivity contribution is 0.183. The zero-order chi connectivity index (χ0) is 8.81. The first-order chi connectivity index (χ1) is 5.83. The van der Waals surface area contributed by atoms with Crippen molar-refractivity contribution in [3.8, 4) is 12.3 Å². The van der Waals surface area contributed by atoms with E-state index in [1.807, 2.05) is 0 Å². The molecule has 1 unspecified atom stereocenters. The largest absolute Gasteiger partial charge is 0.303 e. The SMILES string of the molecule is C#CCCCN1CCCC(C)C1. The van der Waals surface area contributed by atoms with Gasteiger partial charge in [0, 0.05) is 13.0 Å². The summed E-state index contributed by atoms with van der Waals surface area (Å²) in [6, 6.07) is 0. The van der Waals surface area contributed by atoms with Gasteiger partial charge in [-0.15, -0.1) is 12.3 Å². The number of hydrogen-bond donors (Lipinski definition) is 0. The van der Waals surface area contributed by atoms with Crippen molar-refractivity contribution in [2.75, 3.05) is 19.6 Å². The summed E-state index contributed by atoms with van der Waals surface area (Å²) in [6.45, 7) is 6.11. The molecule has 1 aliphatic heterocycles. The molecular formula is C11H19N. The van der Waals surface area contributed by atoms with Crippen molar-refractivity contribution in [1.82, 2.24) is 4.90 Å². The molecule has 0 saturated carbocycles. The summed E-state index contributed by atoms with van der Waals surface area (Å²) < 4.78 is 0. The Morgan fingerprint density at radius 3 is 3.08 bits per heavy atom. The van der Waals surface area contributed by atoms with Crippen LogP contribution in [0.2, 0.25) is 0 Å². The first kappa shape index (κ1) is 9.61. The minimum absolute atomic E-state index is 0.893. The Hall–Kier alpha value is -0.480. The van der Waals surface area contributed by atoms with Crippen molar-refractivity contribution in [3.63, 3.8) is 0 Å². The van der Waals surface area contributed by atoms with E-state index in [1.165, 1.54) is 38.9 Å². The molecular weight excluding hydrogens is 146 g/mol. The highest BCUT2D eigenvalue weighted by Gasteiger charge is 2.14. The molecule has 0 aromatic carbocycles. The number of terminal acetylenes is 1. The molecule has 0 N–H and O–H groups in total. The molecule has 0 amide bonds. The van der Waals surface area contributed by atoms with Crippen LogP contribution in [0.5, 0.6) is 0 Å². The molecule has 1 nitrogen and oxygen atoms in total. The Labute approximate surface area is 76.1 Å². The van der Waals surface area contributed by atoms with Crippen LogP contribution in [-0.4, -0.2) is 24.5 Å². The third-order valence-corrected chi connectivity index (χ3v) is 2.54. The molecule has 0 aromatic heterocycles. The van der Waals surface area contributed by atoms with E-state index in [2.05, 4.69) is 17.7 Å². The molecule has 0 radical (unpaired) electrons. The summed E-state index contributed by atoms with van der Waals surface area (Å²) in [6.07, 6.45) is 10.1. The van der Waals surface area contributed by atoms with E-state index in [-0.39, 0.29) is 0 Å². The van der Waals surface area contributed by atoms with Crippen molar-refractivity contribution in [3.05, 3.63) is 0 Å².